The number of benzene rings is 2. The standard InChI is InChI=1S/C22H25N3O7/c1-29-17-7-5-16(6-8-17)24-20(26)10-11-21(27)25-23-13-15-4-9-18(19(12-15)30-2)32-14-22(28)31-3/h4-9,12-13H,10-11,14H2,1-3H3,(H,24,26)(H,25,27). The van der Waals surface area contributed by atoms with Crippen molar-refractivity contribution in [3.05, 3.63) is 48.0 Å². The van der Waals surface area contributed by atoms with Gasteiger partial charge >= 0.3 is 5.97 Å². The Labute approximate surface area is 185 Å². The van der Waals surface area contributed by atoms with E-state index in [1.807, 2.05) is 0 Å². The van der Waals surface area contributed by atoms with E-state index in [9.17, 15) is 14.4 Å². The van der Waals surface area contributed by atoms with Crippen molar-refractivity contribution in [1.82, 2.24) is 5.43 Å². The Balaban J connectivity index is 1.79. The zero-order chi connectivity index (χ0) is 23.3. The summed E-state index contributed by atoms with van der Waals surface area (Å²) in [6.45, 7) is -0.248. The van der Waals surface area contributed by atoms with Crippen LogP contribution in [0, 0.1) is 0 Å². The number of esters is 1. The lowest BCUT2D eigenvalue weighted by Gasteiger charge is -2.10. The monoisotopic (exact) mass is 443 g/mol. The molecule has 0 bridgehead atoms. The van der Waals surface area contributed by atoms with E-state index in [0.717, 1.165) is 0 Å². The molecule has 2 rings (SSSR count). The summed E-state index contributed by atoms with van der Waals surface area (Å²) < 4.78 is 20.1. The third-order valence-electron chi connectivity index (χ3n) is 4.12. The Morgan fingerprint density at radius 2 is 1.62 bits per heavy atom. The predicted molar refractivity (Wildman–Crippen MR) is 117 cm³/mol. The number of carbonyl (C=O) groups is 3. The Morgan fingerprint density at radius 1 is 0.906 bits per heavy atom. The van der Waals surface area contributed by atoms with Crippen molar-refractivity contribution in [3.8, 4) is 17.2 Å². The molecule has 0 spiro atoms. The van der Waals surface area contributed by atoms with Gasteiger partial charge in [-0.2, -0.15) is 5.10 Å². The molecule has 2 aromatic rings. The number of rotatable bonds is 11. The normalized spacial score (nSPS) is 10.3. The van der Waals surface area contributed by atoms with Gasteiger partial charge < -0.3 is 24.3 Å². The van der Waals surface area contributed by atoms with Gasteiger partial charge in [0.25, 0.3) is 0 Å². The fraction of sp³-hybridized carbons (Fsp3) is 0.273. The molecule has 0 saturated carbocycles. The highest BCUT2D eigenvalue weighted by Gasteiger charge is 2.09. The third-order valence-corrected chi connectivity index (χ3v) is 4.12. The number of amides is 2. The molecule has 10 nitrogen and oxygen atoms in total. The quantitative estimate of drug-likeness (QED) is 0.310. The SMILES string of the molecule is COC(=O)COc1ccc(C=NNC(=O)CCC(=O)Nc2ccc(OC)cc2)cc1OC. The number of hydrogen-bond donors (Lipinski definition) is 2. The highest BCUT2D eigenvalue weighted by Crippen LogP contribution is 2.27. The molecule has 2 aromatic carbocycles. The Morgan fingerprint density at radius 3 is 2.28 bits per heavy atom. The van der Waals surface area contributed by atoms with Crippen LogP contribution >= 0.6 is 0 Å². The first-order chi connectivity index (χ1) is 15.4. The number of nitrogens with one attached hydrogen (secondary N) is 2. The van der Waals surface area contributed by atoms with Crippen molar-refractivity contribution in [1.29, 1.82) is 0 Å². The molecule has 0 aromatic heterocycles. The van der Waals surface area contributed by atoms with Crippen molar-refractivity contribution in [2.75, 3.05) is 33.3 Å². The van der Waals surface area contributed by atoms with Crippen molar-refractivity contribution in [2.45, 2.75) is 12.8 Å². The lowest BCUT2D eigenvalue weighted by Crippen LogP contribution is -2.20. The van der Waals surface area contributed by atoms with Gasteiger partial charge in [-0.1, -0.05) is 0 Å². The summed E-state index contributed by atoms with van der Waals surface area (Å²) in [6, 6.07) is 11.8. The number of hydrogen-bond acceptors (Lipinski definition) is 8. The van der Waals surface area contributed by atoms with Crippen molar-refractivity contribution in [2.24, 2.45) is 5.10 Å². The van der Waals surface area contributed by atoms with Crippen molar-refractivity contribution in [3.63, 3.8) is 0 Å². The number of nitrogens with zero attached hydrogens (tertiary/aromatic N) is 1. The maximum absolute atomic E-state index is 12.0. The summed E-state index contributed by atoms with van der Waals surface area (Å²) in [7, 11) is 4.28. The second-order valence-corrected chi connectivity index (χ2v) is 6.34. The van der Waals surface area contributed by atoms with E-state index in [2.05, 4.69) is 20.6 Å². The van der Waals surface area contributed by atoms with Crippen LogP contribution in [0.15, 0.2) is 47.6 Å². The Kier molecular flexibility index (Phi) is 9.51. The largest absolute Gasteiger partial charge is 0.497 e. The van der Waals surface area contributed by atoms with Crippen LogP contribution in [-0.4, -0.2) is 51.9 Å². The minimum atomic E-state index is -0.516. The molecule has 0 atom stereocenters. The van der Waals surface area contributed by atoms with Gasteiger partial charge in [0.2, 0.25) is 11.8 Å². The van der Waals surface area contributed by atoms with Crippen LogP contribution in [0.25, 0.3) is 0 Å². The van der Waals surface area contributed by atoms with Gasteiger partial charge in [-0.3, -0.25) is 9.59 Å². The molecule has 170 valence electrons. The average molecular weight is 443 g/mol. The maximum Gasteiger partial charge on any atom is 0.343 e. The fourth-order valence-corrected chi connectivity index (χ4v) is 2.44. The summed E-state index contributed by atoms with van der Waals surface area (Å²) in [4.78, 5) is 35.1. The zero-order valence-corrected chi connectivity index (χ0v) is 18.0. The molecule has 0 aliphatic rings. The molecule has 0 radical (unpaired) electrons. The van der Waals surface area contributed by atoms with Crippen LogP contribution in [0.4, 0.5) is 5.69 Å². The van der Waals surface area contributed by atoms with E-state index < -0.39 is 11.9 Å². The van der Waals surface area contributed by atoms with Crippen molar-refractivity contribution < 1.29 is 33.3 Å². The summed E-state index contributed by atoms with van der Waals surface area (Å²) in [5.74, 6) is 0.221. The minimum absolute atomic E-state index is 0.00738. The molecule has 2 N–H and O–H groups in total. The van der Waals surface area contributed by atoms with Crippen LogP contribution in [-0.2, 0) is 19.1 Å². The first-order valence-corrected chi connectivity index (χ1v) is 9.58. The molecule has 0 fully saturated rings. The highest BCUT2D eigenvalue weighted by molar-refractivity contribution is 5.93. The van der Waals surface area contributed by atoms with Crippen LogP contribution in [0.1, 0.15) is 18.4 Å². The summed E-state index contributed by atoms with van der Waals surface area (Å²) in [5.41, 5.74) is 3.61. The average Bonchev–Trinajstić information content (AvgIpc) is 2.82. The van der Waals surface area contributed by atoms with Gasteiger partial charge in [-0.15, -0.1) is 0 Å². The molecule has 0 saturated heterocycles. The topological polar surface area (TPSA) is 125 Å². The number of ether oxygens (including phenoxy) is 4. The first kappa shape index (κ1) is 24.2. The second kappa shape index (κ2) is 12.6. The predicted octanol–water partition coefficient (Wildman–Crippen LogP) is 2.12. The van der Waals surface area contributed by atoms with E-state index in [0.29, 0.717) is 28.5 Å². The minimum Gasteiger partial charge on any atom is -0.497 e. The van der Waals surface area contributed by atoms with Crippen LogP contribution in [0.5, 0.6) is 17.2 Å². The molecule has 32 heavy (non-hydrogen) atoms. The molecule has 0 unspecified atom stereocenters. The van der Waals surface area contributed by atoms with Gasteiger partial charge in [-0.25, -0.2) is 10.2 Å². The molecule has 0 heterocycles. The lowest BCUT2D eigenvalue weighted by atomic mass is 10.2. The lowest BCUT2D eigenvalue weighted by molar-refractivity contribution is -0.143. The van der Waals surface area contributed by atoms with Gasteiger partial charge in [0, 0.05) is 18.5 Å². The molecule has 10 heteroatoms. The van der Waals surface area contributed by atoms with Gasteiger partial charge in [-0.05, 0) is 48.0 Å². The Bertz CT molecular complexity index is 958. The fourth-order valence-electron chi connectivity index (χ4n) is 2.44. The summed E-state index contributed by atoms with van der Waals surface area (Å²) in [6.07, 6.45) is 1.40. The smallest absolute Gasteiger partial charge is 0.343 e. The first-order valence-electron chi connectivity index (χ1n) is 9.58. The molecule has 0 aliphatic carbocycles. The van der Waals surface area contributed by atoms with E-state index in [1.54, 1.807) is 49.6 Å². The summed E-state index contributed by atoms with van der Waals surface area (Å²) >= 11 is 0. The summed E-state index contributed by atoms with van der Waals surface area (Å²) in [5, 5.41) is 6.58. The molecular weight excluding hydrogens is 418 g/mol. The third kappa shape index (κ3) is 7.98. The Hall–Kier alpha value is -4.08. The number of hydrazone groups is 1. The van der Waals surface area contributed by atoms with Gasteiger partial charge in [0.15, 0.2) is 18.1 Å². The number of anilines is 1. The van der Waals surface area contributed by atoms with Gasteiger partial charge in [0.05, 0.1) is 27.5 Å². The van der Waals surface area contributed by atoms with Crippen LogP contribution in [0.2, 0.25) is 0 Å². The number of methoxy groups -OCH3 is 3. The zero-order valence-electron chi connectivity index (χ0n) is 18.0. The van der Waals surface area contributed by atoms with Crippen LogP contribution in [0.3, 0.4) is 0 Å². The van der Waals surface area contributed by atoms with E-state index in [1.165, 1.54) is 20.4 Å². The van der Waals surface area contributed by atoms with E-state index in [4.69, 9.17) is 14.2 Å². The van der Waals surface area contributed by atoms with Gasteiger partial charge in [0.1, 0.15) is 5.75 Å². The van der Waals surface area contributed by atoms with E-state index >= 15 is 0 Å². The van der Waals surface area contributed by atoms with Crippen molar-refractivity contribution >= 4 is 29.7 Å². The molecule has 0 aliphatic heterocycles. The highest BCUT2D eigenvalue weighted by atomic mass is 16.6. The number of carbonyl (C=O) groups excluding carboxylic acids is 3. The second-order valence-electron chi connectivity index (χ2n) is 6.34. The molecular formula is C22H25N3O7. The maximum atomic E-state index is 12.0. The van der Waals surface area contributed by atoms with E-state index in [-0.39, 0.29) is 25.4 Å². The van der Waals surface area contributed by atoms with Crippen LogP contribution < -0.4 is 25.0 Å². The molecule has 2 amide bonds.